The molecule has 1 saturated carbocycles. The molecule has 0 aliphatic heterocycles. The fourth-order valence-electron chi connectivity index (χ4n) is 3.43. The van der Waals surface area contributed by atoms with Crippen LogP contribution in [0.4, 0.5) is 0 Å². The second kappa shape index (κ2) is 10.2. The number of nitrogens with one attached hydrogen (secondary N) is 3. The van der Waals surface area contributed by atoms with Crippen LogP contribution in [0.1, 0.15) is 51.9 Å². The smallest absolute Gasteiger partial charge is 0.274 e. The maximum atomic E-state index is 12.7. The number of benzene rings is 2. The van der Waals surface area contributed by atoms with Gasteiger partial charge in [-0.05, 0) is 62.6 Å². The van der Waals surface area contributed by atoms with E-state index in [0.29, 0.717) is 30.0 Å². The van der Waals surface area contributed by atoms with Gasteiger partial charge in [-0.2, -0.15) is 0 Å². The Hall–Kier alpha value is -3.52. The number of hydrogen-bond donors (Lipinski definition) is 3. The van der Waals surface area contributed by atoms with Gasteiger partial charge in [-0.1, -0.05) is 35.5 Å². The van der Waals surface area contributed by atoms with Gasteiger partial charge >= 0.3 is 0 Å². The molecule has 2 aromatic carbocycles. The van der Waals surface area contributed by atoms with Crippen molar-refractivity contribution >= 4 is 11.8 Å². The van der Waals surface area contributed by atoms with Gasteiger partial charge < -0.3 is 16.0 Å². The fourth-order valence-corrected chi connectivity index (χ4v) is 3.43. The van der Waals surface area contributed by atoms with Crippen molar-refractivity contribution in [2.24, 2.45) is 0 Å². The third-order valence-electron chi connectivity index (χ3n) is 5.33. The highest BCUT2D eigenvalue weighted by Gasteiger charge is 2.27. The van der Waals surface area contributed by atoms with Crippen LogP contribution in [0.25, 0.3) is 5.69 Å². The van der Waals surface area contributed by atoms with E-state index in [2.05, 4.69) is 38.4 Å². The first kappa shape index (κ1) is 21.7. The van der Waals surface area contributed by atoms with Crippen LogP contribution in [-0.2, 0) is 13.0 Å². The molecular weight excluding hydrogens is 404 g/mol. The molecule has 1 aromatic heterocycles. The first-order valence-electron chi connectivity index (χ1n) is 11.0. The van der Waals surface area contributed by atoms with Crippen molar-refractivity contribution in [2.75, 3.05) is 13.1 Å². The first-order valence-corrected chi connectivity index (χ1v) is 11.0. The van der Waals surface area contributed by atoms with Crippen LogP contribution in [0.2, 0.25) is 0 Å². The summed E-state index contributed by atoms with van der Waals surface area (Å²) in [6, 6.07) is 17.6. The van der Waals surface area contributed by atoms with Crippen LogP contribution in [-0.4, -0.2) is 45.9 Å². The van der Waals surface area contributed by atoms with Crippen LogP contribution < -0.4 is 16.0 Å². The van der Waals surface area contributed by atoms with Gasteiger partial charge in [0.15, 0.2) is 5.69 Å². The number of hydrogen-bond acceptors (Lipinski definition) is 5. The molecule has 166 valence electrons. The number of carbonyl (C=O) groups excluding carboxylic acids is 2. The molecule has 0 atom stereocenters. The third kappa shape index (κ3) is 5.39. The second-order valence-electron chi connectivity index (χ2n) is 7.86. The molecule has 4 rings (SSSR count). The Kier molecular flexibility index (Phi) is 6.91. The Morgan fingerprint density at radius 1 is 1.03 bits per heavy atom. The van der Waals surface area contributed by atoms with Gasteiger partial charge in [-0.25, -0.2) is 4.68 Å². The topological polar surface area (TPSA) is 101 Å². The largest absolute Gasteiger partial charge is 0.352 e. The molecule has 1 heterocycles. The number of rotatable bonds is 10. The van der Waals surface area contributed by atoms with Crippen LogP contribution in [0.5, 0.6) is 0 Å². The van der Waals surface area contributed by atoms with E-state index in [4.69, 9.17) is 0 Å². The van der Waals surface area contributed by atoms with Crippen molar-refractivity contribution in [3.05, 3.63) is 77.1 Å². The summed E-state index contributed by atoms with van der Waals surface area (Å²) < 4.78 is 1.67. The van der Waals surface area contributed by atoms with E-state index in [1.807, 2.05) is 37.3 Å². The Morgan fingerprint density at radius 3 is 2.47 bits per heavy atom. The normalized spacial score (nSPS) is 13.0. The van der Waals surface area contributed by atoms with Crippen molar-refractivity contribution in [3.8, 4) is 5.69 Å². The highest BCUT2D eigenvalue weighted by Crippen LogP contribution is 2.20. The standard InChI is InChI=1S/C24H28N6O2/c1-2-26-23(31)18-8-12-20(13-9-18)30-21(16-25-15-14-17-6-4-3-5-7-17)22(28-29-30)24(32)27-19-10-11-19/h3-9,12-13,19,25H,2,10-11,14-16H2,1H3,(H,26,31)(H,27,32). The van der Waals surface area contributed by atoms with Crippen molar-refractivity contribution in [3.63, 3.8) is 0 Å². The lowest BCUT2D eigenvalue weighted by Crippen LogP contribution is -2.28. The van der Waals surface area contributed by atoms with E-state index in [1.165, 1.54) is 5.56 Å². The summed E-state index contributed by atoms with van der Waals surface area (Å²) in [4.78, 5) is 24.8. The Labute approximate surface area is 187 Å². The molecule has 8 nitrogen and oxygen atoms in total. The Bertz CT molecular complexity index is 1060. The van der Waals surface area contributed by atoms with Crippen molar-refractivity contribution in [2.45, 2.75) is 38.8 Å². The Balaban J connectivity index is 1.51. The molecule has 0 bridgehead atoms. The van der Waals surface area contributed by atoms with Crippen LogP contribution in [0.3, 0.4) is 0 Å². The summed E-state index contributed by atoms with van der Waals surface area (Å²) in [5.41, 5.74) is 3.60. The number of amides is 2. The molecule has 1 fully saturated rings. The number of aromatic nitrogens is 3. The number of nitrogens with zero attached hydrogens (tertiary/aromatic N) is 3. The molecule has 0 saturated heterocycles. The maximum Gasteiger partial charge on any atom is 0.274 e. The van der Waals surface area contributed by atoms with E-state index in [0.717, 1.165) is 31.5 Å². The molecular formula is C24H28N6O2. The molecule has 3 N–H and O–H groups in total. The lowest BCUT2D eigenvalue weighted by molar-refractivity contribution is 0.0940. The van der Waals surface area contributed by atoms with Gasteiger partial charge in [-0.3, -0.25) is 9.59 Å². The van der Waals surface area contributed by atoms with Gasteiger partial charge in [-0.15, -0.1) is 5.10 Å². The quantitative estimate of drug-likeness (QED) is 0.427. The zero-order chi connectivity index (χ0) is 22.3. The minimum Gasteiger partial charge on any atom is -0.352 e. The molecule has 2 amide bonds. The van der Waals surface area contributed by atoms with E-state index in [9.17, 15) is 9.59 Å². The molecule has 1 aliphatic carbocycles. The van der Waals surface area contributed by atoms with Crippen molar-refractivity contribution in [1.82, 2.24) is 30.9 Å². The predicted octanol–water partition coefficient (Wildman–Crippen LogP) is 2.24. The number of carbonyl (C=O) groups is 2. The van der Waals surface area contributed by atoms with Crippen LogP contribution in [0, 0.1) is 0 Å². The zero-order valence-electron chi connectivity index (χ0n) is 18.2. The summed E-state index contributed by atoms with van der Waals surface area (Å²) in [6.45, 7) is 3.66. The molecule has 0 radical (unpaired) electrons. The van der Waals surface area contributed by atoms with Crippen LogP contribution >= 0.6 is 0 Å². The van der Waals surface area contributed by atoms with Gasteiger partial charge in [0.05, 0.1) is 11.4 Å². The summed E-state index contributed by atoms with van der Waals surface area (Å²) in [7, 11) is 0. The van der Waals surface area contributed by atoms with Crippen molar-refractivity contribution in [1.29, 1.82) is 0 Å². The SMILES string of the molecule is CCNC(=O)c1ccc(-n2nnc(C(=O)NC3CC3)c2CNCCc2ccccc2)cc1. The molecule has 3 aromatic rings. The molecule has 32 heavy (non-hydrogen) atoms. The minimum atomic E-state index is -0.197. The monoisotopic (exact) mass is 432 g/mol. The lowest BCUT2D eigenvalue weighted by atomic mass is 10.1. The zero-order valence-corrected chi connectivity index (χ0v) is 18.2. The van der Waals surface area contributed by atoms with E-state index >= 15 is 0 Å². The van der Waals surface area contributed by atoms with E-state index < -0.39 is 0 Å². The van der Waals surface area contributed by atoms with E-state index in [-0.39, 0.29) is 17.9 Å². The van der Waals surface area contributed by atoms with Crippen LogP contribution in [0.15, 0.2) is 54.6 Å². The average Bonchev–Trinajstić information content (AvgIpc) is 3.53. The van der Waals surface area contributed by atoms with E-state index in [1.54, 1.807) is 16.8 Å². The lowest BCUT2D eigenvalue weighted by Gasteiger charge is -2.11. The Morgan fingerprint density at radius 2 is 1.78 bits per heavy atom. The molecule has 1 aliphatic rings. The summed E-state index contributed by atoms with van der Waals surface area (Å²) in [5, 5.41) is 17.6. The fraction of sp³-hybridized carbons (Fsp3) is 0.333. The molecule has 8 heteroatoms. The molecule has 0 unspecified atom stereocenters. The van der Waals surface area contributed by atoms with Crippen molar-refractivity contribution < 1.29 is 9.59 Å². The van der Waals surface area contributed by atoms with Gasteiger partial charge in [0.25, 0.3) is 11.8 Å². The average molecular weight is 433 g/mol. The second-order valence-corrected chi connectivity index (χ2v) is 7.86. The third-order valence-corrected chi connectivity index (χ3v) is 5.33. The highest BCUT2D eigenvalue weighted by molar-refractivity contribution is 5.94. The summed E-state index contributed by atoms with van der Waals surface area (Å²) >= 11 is 0. The summed E-state index contributed by atoms with van der Waals surface area (Å²) in [6.07, 6.45) is 2.89. The summed E-state index contributed by atoms with van der Waals surface area (Å²) in [5.74, 6) is -0.317. The van der Waals surface area contributed by atoms with Gasteiger partial charge in [0.1, 0.15) is 0 Å². The maximum absolute atomic E-state index is 12.7. The first-order chi connectivity index (χ1) is 15.7. The predicted molar refractivity (Wildman–Crippen MR) is 122 cm³/mol. The molecule has 0 spiro atoms. The minimum absolute atomic E-state index is 0.120. The van der Waals surface area contributed by atoms with Gasteiger partial charge in [0, 0.05) is 24.7 Å². The van der Waals surface area contributed by atoms with Gasteiger partial charge in [0.2, 0.25) is 0 Å². The highest BCUT2D eigenvalue weighted by atomic mass is 16.2.